The number of carbonyl (C=O) groups is 1. The Morgan fingerprint density at radius 1 is 1.32 bits per heavy atom. The molecule has 0 saturated carbocycles. The van der Waals surface area contributed by atoms with Crippen LogP contribution in [0.2, 0.25) is 0 Å². The van der Waals surface area contributed by atoms with Gasteiger partial charge in [0.1, 0.15) is 4.21 Å². The third-order valence-corrected chi connectivity index (χ3v) is 6.17. The van der Waals surface area contributed by atoms with E-state index < -0.39 is 10.0 Å². The molecule has 2 aromatic heterocycles. The van der Waals surface area contributed by atoms with E-state index in [0.29, 0.717) is 17.2 Å². The topological polar surface area (TPSA) is 77.4 Å². The predicted octanol–water partition coefficient (Wildman–Crippen LogP) is 1.32. The van der Waals surface area contributed by atoms with E-state index >= 15 is 0 Å². The van der Waals surface area contributed by atoms with Crippen LogP contribution in [0.1, 0.15) is 11.4 Å². The Hall–Kier alpha value is -1.64. The first kappa shape index (κ1) is 16.7. The molecule has 2 heterocycles. The summed E-state index contributed by atoms with van der Waals surface area (Å²) < 4.78 is 33.4. The molecule has 0 unspecified atom stereocenters. The standard InChI is InChI=1S/C14H18N2O4S2/c1-16-11(5-6-12(16)10-13(17)20-2)7-8-15-22(18,19)14-4-3-9-21-14/h3-6,9,15H,7-8,10H2,1-2H3. The van der Waals surface area contributed by atoms with Gasteiger partial charge in [0.25, 0.3) is 0 Å². The van der Waals surface area contributed by atoms with E-state index in [-0.39, 0.29) is 12.4 Å². The summed E-state index contributed by atoms with van der Waals surface area (Å²) in [5.74, 6) is -0.300. The maximum atomic E-state index is 12.0. The monoisotopic (exact) mass is 342 g/mol. The quantitative estimate of drug-likeness (QED) is 0.770. The highest BCUT2D eigenvalue weighted by molar-refractivity contribution is 7.91. The van der Waals surface area contributed by atoms with Crippen molar-refractivity contribution in [3.8, 4) is 0 Å². The molecule has 22 heavy (non-hydrogen) atoms. The second-order valence-electron chi connectivity index (χ2n) is 4.71. The first-order valence-corrected chi connectivity index (χ1v) is 9.04. The van der Waals surface area contributed by atoms with Gasteiger partial charge in [-0.2, -0.15) is 0 Å². The van der Waals surface area contributed by atoms with E-state index in [2.05, 4.69) is 9.46 Å². The van der Waals surface area contributed by atoms with E-state index in [0.717, 1.165) is 11.4 Å². The number of ether oxygens (including phenoxy) is 1. The van der Waals surface area contributed by atoms with Gasteiger partial charge in [-0.3, -0.25) is 4.79 Å². The normalized spacial score (nSPS) is 11.5. The van der Waals surface area contributed by atoms with Crippen LogP contribution in [0.3, 0.4) is 0 Å². The van der Waals surface area contributed by atoms with Crippen molar-refractivity contribution in [1.29, 1.82) is 0 Å². The summed E-state index contributed by atoms with van der Waals surface area (Å²) in [7, 11) is -0.230. The highest BCUT2D eigenvalue weighted by Gasteiger charge is 2.15. The molecule has 0 bridgehead atoms. The third kappa shape index (κ3) is 3.96. The Bertz CT molecular complexity index is 733. The number of methoxy groups -OCH3 is 1. The molecule has 6 nitrogen and oxygen atoms in total. The van der Waals surface area contributed by atoms with Crippen molar-refractivity contribution in [3.63, 3.8) is 0 Å². The van der Waals surface area contributed by atoms with Gasteiger partial charge in [-0.05, 0) is 23.6 Å². The minimum absolute atomic E-state index is 0.202. The number of carbonyl (C=O) groups excluding carboxylic acids is 1. The van der Waals surface area contributed by atoms with Crippen LogP contribution >= 0.6 is 11.3 Å². The molecule has 0 amide bonds. The summed E-state index contributed by atoms with van der Waals surface area (Å²) in [5.41, 5.74) is 1.79. The molecule has 0 aliphatic rings. The number of esters is 1. The zero-order valence-corrected chi connectivity index (χ0v) is 14.0. The van der Waals surface area contributed by atoms with E-state index in [4.69, 9.17) is 0 Å². The average molecular weight is 342 g/mol. The molecule has 2 rings (SSSR count). The number of hydrogen-bond donors (Lipinski definition) is 1. The van der Waals surface area contributed by atoms with Crippen molar-refractivity contribution in [2.24, 2.45) is 7.05 Å². The van der Waals surface area contributed by atoms with Crippen LogP contribution in [-0.4, -0.2) is 32.6 Å². The van der Waals surface area contributed by atoms with Crippen molar-refractivity contribution < 1.29 is 17.9 Å². The highest BCUT2D eigenvalue weighted by atomic mass is 32.2. The third-order valence-electron chi connectivity index (χ3n) is 3.32. The number of nitrogens with one attached hydrogen (secondary N) is 1. The summed E-state index contributed by atoms with van der Waals surface area (Å²) in [6.07, 6.45) is 0.746. The van der Waals surface area contributed by atoms with Gasteiger partial charge in [0.2, 0.25) is 10.0 Å². The van der Waals surface area contributed by atoms with Crippen LogP contribution in [0.5, 0.6) is 0 Å². The summed E-state index contributed by atoms with van der Waals surface area (Å²) >= 11 is 1.19. The zero-order valence-electron chi connectivity index (χ0n) is 12.4. The van der Waals surface area contributed by atoms with Gasteiger partial charge in [-0.1, -0.05) is 6.07 Å². The molecule has 0 aliphatic carbocycles. The second kappa shape index (κ2) is 7.08. The fourth-order valence-corrected chi connectivity index (χ4v) is 4.12. The Labute approximate surface area is 133 Å². The van der Waals surface area contributed by atoms with Crippen LogP contribution in [0, 0.1) is 0 Å². The van der Waals surface area contributed by atoms with Crippen LogP contribution in [0.15, 0.2) is 33.9 Å². The molecule has 8 heteroatoms. The molecule has 0 fully saturated rings. The van der Waals surface area contributed by atoms with Gasteiger partial charge < -0.3 is 9.30 Å². The Morgan fingerprint density at radius 2 is 2.05 bits per heavy atom. The molecular weight excluding hydrogens is 324 g/mol. The molecule has 0 spiro atoms. The Kier molecular flexibility index (Phi) is 5.38. The molecule has 0 aromatic carbocycles. The predicted molar refractivity (Wildman–Crippen MR) is 84.3 cm³/mol. The van der Waals surface area contributed by atoms with E-state index in [1.54, 1.807) is 17.5 Å². The van der Waals surface area contributed by atoms with Crippen LogP contribution in [0.4, 0.5) is 0 Å². The number of hydrogen-bond acceptors (Lipinski definition) is 5. The van der Waals surface area contributed by atoms with Crippen molar-refractivity contribution in [3.05, 3.63) is 41.0 Å². The summed E-state index contributed by atoms with van der Waals surface area (Å²) in [4.78, 5) is 11.3. The second-order valence-corrected chi connectivity index (χ2v) is 7.65. The van der Waals surface area contributed by atoms with E-state index in [9.17, 15) is 13.2 Å². The number of nitrogens with zero attached hydrogens (tertiary/aromatic N) is 1. The summed E-state index contributed by atoms with van der Waals surface area (Å²) in [5, 5.41) is 1.73. The van der Waals surface area contributed by atoms with Crippen molar-refractivity contribution in [2.45, 2.75) is 17.1 Å². The lowest BCUT2D eigenvalue weighted by Crippen LogP contribution is -2.25. The molecule has 120 valence electrons. The van der Waals surface area contributed by atoms with E-state index in [1.165, 1.54) is 18.4 Å². The minimum Gasteiger partial charge on any atom is -0.469 e. The van der Waals surface area contributed by atoms with Crippen LogP contribution in [0.25, 0.3) is 0 Å². The van der Waals surface area contributed by atoms with Gasteiger partial charge in [-0.15, -0.1) is 11.3 Å². The van der Waals surface area contributed by atoms with Gasteiger partial charge in [0, 0.05) is 31.4 Å². The van der Waals surface area contributed by atoms with Crippen LogP contribution in [-0.2, 0) is 39.4 Å². The lowest BCUT2D eigenvalue weighted by atomic mass is 10.3. The average Bonchev–Trinajstić information content (AvgIpc) is 3.12. The number of sulfonamides is 1. The molecule has 0 aliphatic heterocycles. The number of rotatable bonds is 7. The largest absolute Gasteiger partial charge is 0.469 e. The van der Waals surface area contributed by atoms with Crippen molar-refractivity contribution >= 4 is 27.3 Å². The molecular formula is C14H18N2O4S2. The van der Waals surface area contributed by atoms with Crippen LogP contribution < -0.4 is 4.72 Å². The smallest absolute Gasteiger partial charge is 0.311 e. The van der Waals surface area contributed by atoms with Gasteiger partial charge >= 0.3 is 5.97 Å². The Morgan fingerprint density at radius 3 is 2.68 bits per heavy atom. The fraction of sp³-hybridized carbons (Fsp3) is 0.357. The first-order valence-electron chi connectivity index (χ1n) is 6.67. The summed E-state index contributed by atoms with van der Waals surface area (Å²) in [6, 6.07) is 7.01. The number of thiophene rings is 1. The maximum Gasteiger partial charge on any atom is 0.311 e. The maximum absolute atomic E-state index is 12.0. The Balaban J connectivity index is 1.94. The van der Waals surface area contributed by atoms with Crippen molar-refractivity contribution in [1.82, 2.24) is 9.29 Å². The van der Waals surface area contributed by atoms with Crippen molar-refractivity contribution in [2.75, 3.05) is 13.7 Å². The SMILES string of the molecule is COC(=O)Cc1ccc(CCNS(=O)(=O)c2cccs2)n1C. The van der Waals surface area contributed by atoms with Gasteiger partial charge in [0.05, 0.1) is 13.5 Å². The fourth-order valence-electron chi connectivity index (χ4n) is 2.05. The minimum atomic E-state index is -3.43. The lowest BCUT2D eigenvalue weighted by Gasteiger charge is -2.08. The van der Waals surface area contributed by atoms with Gasteiger partial charge in [0.15, 0.2) is 0 Å². The molecule has 1 N–H and O–H groups in total. The zero-order chi connectivity index (χ0) is 16.2. The van der Waals surface area contributed by atoms with E-state index in [1.807, 2.05) is 23.7 Å². The summed E-state index contributed by atoms with van der Waals surface area (Å²) in [6.45, 7) is 0.301. The highest BCUT2D eigenvalue weighted by Crippen LogP contribution is 2.15. The van der Waals surface area contributed by atoms with Gasteiger partial charge in [-0.25, -0.2) is 13.1 Å². The molecule has 0 atom stereocenters. The molecule has 2 aromatic rings. The lowest BCUT2D eigenvalue weighted by molar-refractivity contribution is -0.139. The number of aromatic nitrogens is 1. The molecule has 0 saturated heterocycles. The molecule has 0 radical (unpaired) electrons. The first-order chi connectivity index (χ1) is 10.4.